The Morgan fingerprint density at radius 1 is 0.414 bits per heavy atom. The van der Waals surface area contributed by atoms with Crippen LogP contribution in [-0.2, 0) is 4.74 Å². The van der Waals surface area contributed by atoms with Gasteiger partial charge in [-0.1, -0.05) is 0 Å². The highest BCUT2D eigenvalue weighted by molar-refractivity contribution is 5.15. The van der Waals surface area contributed by atoms with Gasteiger partial charge >= 0.3 is 47.6 Å². The van der Waals surface area contributed by atoms with Gasteiger partial charge in [0, 0.05) is 0 Å². The summed E-state index contributed by atoms with van der Waals surface area (Å²) in [6.45, 7) is -7.11. The lowest BCUT2D eigenvalue weighted by molar-refractivity contribution is -0.474. The predicted molar refractivity (Wildman–Crippen MR) is 52.6 cm³/mol. The number of rotatable bonds is 10. The van der Waals surface area contributed by atoms with Crippen LogP contribution in [0.1, 0.15) is 0 Å². The van der Waals surface area contributed by atoms with Gasteiger partial charge in [-0.2, -0.15) is 70.2 Å². The molecule has 0 aromatic carbocycles. The highest BCUT2D eigenvalue weighted by atomic mass is 19.4. The second-order valence-electron chi connectivity index (χ2n) is 5.05. The molecule has 0 N–H and O–H groups in total. The first-order valence-electron chi connectivity index (χ1n) is 6.15. The number of ether oxygens (including phenoxy) is 1. The quantitative estimate of drug-likeness (QED) is 0.351. The highest BCUT2D eigenvalue weighted by Gasteiger charge is 2.95. The van der Waals surface area contributed by atoms with Crippen molar-refractivity contribution in [2.24, 2.45) is 0 Å². The molecule has 0 saturated carbocycles. The molecule has 0 aliphatic rings. The van der Waals surface area contributed by atoms with Crippen LogP contribution in [0.25, 0.3) is 0 Å². The lowest BCUT2D eigenvalue weighted by atomic mass is 9.89. The van der Waals surface area contributed by atoms with Crippen LogP contribution in [0.15, 0.2) is 0 Å². The zero-order chi connectivity index (χ0) is 24.1. The van der Waals surface area contributed by atoms with Crippen LogP contribution in [0.4, 0.5) is 79.0 Å². The second kappa shape index (κ2) is 7.14. The third-order valence-corrected chi connectivity index (χ3v) is 3.20. The van der Waals surface area contributed by atoms with E-state index < -0.39 is 61.1 Å². The highest BCUT2D eigenvalue weighted by Crippen LogP contribution is 2.63. The molecule has 0 radical (unpaired) electrons. The van der Waals surface area contributed by atoms with Crippen LogP contribution < -0.4 is 0 Å². The molecule has 0 aliphatic carbocycles. The summed E-state index contributed by atoms with van der Waals surface area (Å²) in [6.07, 6.45) is -7.12. The number of alkyl halides is 18. The minimum atomic E-state index is -8.65. The first-order valence-corrected chi connectivity index (χ1v) is 6.15. The normalized spacial score (nSPS) is 16.3. The van der Waals surface area contributed by atoms with Crippen molar-refractivity contribution in [2.75, 3.05) is 13.5 Å². The molecule has 0 rings (SSSR count). The van der Waals surface area contributed by atoms with Crippen LogP contribution in [0.3, 0.4) is 0 Å². The van der Waals surface area contributed by atoms with Gasteiger partial charge in [-0.15, -0.1) is 0 Å². The van der Waals surface area contributed by atoms with Crippen LogP contribution in [-0.4, -0.2) is 61.1 Å². The van der Waals surface area contributed by atoms with Gasteiger partial charge < -0.3 is 0 Å². The minimum absolute atomic E-state index is 2.00. The molecule has 0 aliphatic heterocycles. The minimum Gasteiger partial charge on any atom is -0.283 e. The van der Waals surface area contributed by atoms with Crippen molar-refractivity contribution in [2.45, 2.75) is 47.6 Å². The van der Waals surface area contributed by atoms with Crippen molar-refractivity contribution < 1.29 is 83.8 Å². The molecule has 0 heterocycles. The predicted octanol–water partition coefficient (Wildman–Crippen LogP) is 5.94. The van der Waals surface area contributed by atoms with Gasteiger partial charge in [0.2, 0.25) is 0 Å². The van der Waals surface area contributed by atoms with Crippen molar-refractivity contribution in [1.82, 2.24) is 0 Å². The number of halogens is 18. The van der Waals surface area contributed by atoms with E-state index in [1.807, 2.05) is 4.74 Å². The van der Waals surface area contributed by atoms with Crippen molar-refractivity contribution in [1.29, 1.82) is 0 Å². The first-order chi connectivity index (χ1) is 12.4. The molecule has 0 aromatic rings. The summed E-state index contributed by atoms with van der Waals surface area (Å²) in [7, 11) is 0. The summed E-state index contributed by atoms with van der Waals surface area (Å²) >= 11 is 0. The summed E-state index contributed by atoms with van der Waals surface area (Å²) < 4.78 is 232. The summed E-state index contributed by atoms with van der Waals surface area (Å²) in [5.74, 6) is -57.0. The molecule has 29 heavy (non-hydrogen) atoms. The Kier molecular flexibility index (Phi) is 6.82. The molecule has 0 unspecified atom stereocenters. The fourth-order valence-corrected chi connectivity index (χ4v) is 1.44. The van der Waals surface area contributed by atoms with Crippen molar-refractivity contribution >= 4 is 0 Å². The third kappa shape index (κ3) is 3.45. The Hall–Kier alpha value is -1.30. The zero-order valence-electron chi connectivity index (χ0n) is 12.6. The average molecular weight is 482 g/mol. The largest absolute Gasteiger partial charge is 0.428 e. The van der Waals surface area contributed by atoms with E-state index in [4.69, 9.17) is 0 Å². The van der Waals surface area contributed by atoms with Gasteiger partial charge in [0.25, 0.3) is 0 Å². The molecular formula is C10H4F18O. The number of hydrogen-bond donors (Lipinski definition) is 0. The van der Waals surface area contributed by atoms with E-state index in [9.17, 15) is 79.0 Å². The van der Waals surface area contributed by atoms with Crippen LogP contribution in [0.2, 0.25) is 0 Å². The van der Waals surface area contributed by atoms with Gasteiger partial charge in [-0.3, -0.25) is 4.74 Å². The molecule has 0 atom stereocenters. The monoisotopic (exact) mass is 482 g/mol. The van der Waals surface area contributed by atoms with E-state index >= 15 is 0 Å². The standard InChI is InChI=1S/C10H4F18O/c11-1-3(13,14)4(15,16)5(17,18)6(19,20)7(21,22)8(23,24)9(25,26)10(27,28)29-2-12/h1-2H2. The van der Waals surface area contributed by atoms with E-state index in [1.165, 1.54) is 0 Å². The third-order valence-electron chi connectivity index (χ3n) is 3.20. The van der Waals surface area contributed by atoms with Crippen molar-refractivity contribution in [3.63, 3.8) is 0 Å². The van der Waals surface area contributed by atoms with E-state index in [0.717, 1.165) is 0 Å². The maximum Gasteiger partial charge on any atom is 0.428 e. The lowest BCUT2D eigenvalue weighted by Crippen LogP contribution is -2.75. The molecule has 0 bridgehead atoms. The van der Waals surface area contributed by atoms with Gasteiger partial charge in [0.15, 0.2) is 13.5 Å². The maximum absolute atomic E-state index is 13.1. The second-order valence-corrected chi connectivity index (χ2v) is 5.05. The fraction of sp³-hybridized carbons (Fsp3) is 1.00. The van der Waals surface area contributed by atoms with Crippen LogP contribution in [0.5, 0.6) is 0 Å². The lowest BCUT2D eigenvalue weighted by Gasteiger charge is -2.43. The van der Waals surface area contributed by atoms with E-state index in [0.29, 0.717) is 0 Å². The average Bonchev–Trinajstić information content (AvgIpc) is 2.53. The topological polar surface area (TPSA) is 9.23 Å². The van der Waals surface area contributed by atoms with Gasteiger partial charge in [-0.05, 0) is 0 Å². The Morgan fingerprint density at radius 3 is 0.966 bits per heavy atom. The van der Waals surface area contributed by atoms with Gasteiger partial charge in [-0.25, -0.2) is 8.78 Å². The summed E-state index contributed by atoms with van der Waals surface area (Å²) in [4.78, 5) is 0. The Balaban J connectivity index is 6.68. The van der Waals surface area contributed by atoms with Crippen molar-refractivity contribution in [3.8, 4) is 0 Å². The molecule has 0 saturated heterocycles. The van der Waals surface area contributed by atoms with E-state index in [-0.39, 0.29) is 0 Å². The fourth-order valence-electron chi connectivity index (χ4n) is 1.44. The Morgan fingerprint density at radius 2 is 0.690 bits per heavy atom. The smallest absolute Gasteiger partial charge is 0.283 e. The summed E-state index contributed by atoms with van der Waals surface area (Å²) in [5.41, 5.74) is 0. The SMILES string of the molecule is FCOC(F)(F)C(F)(F)C(F)(F)C(F)(F)C(F)(F)C(F)(F)C(F)(F)C(F)(F)CF. The molecule has 176 valence electrons. The molecule has 1 nitrogen and oxygen atoms in total. The Labute approximate surface area is 146 Å². The van der Waals surface area contributed by atoms with Crippen molar-refractivity contribution in [3.05, 3.63) is 0 Å². The maximum atomic E-state index is 13.1. The Bertz CT molecular complexity index is 579. The number of hydrogen-bond acceptors (Lipinski definition) is 1. The van der Waals surface area contributed by atoms with Gasteiger partial charge in [0.05, 0.1) is 0 Å². The van der Waals surface area contributed by atoms with Crippen LogP contribution in [0, 0.1) is 0 Å². The first kappa shape index (κ1) is 27.7. The molecular weight excluding hydrogens is 478 g/mol. The van der Waals surface area contributed by atoms with Gasteiger partial charge in [0.1, 0.15) is 0 Å². The summed E-state index contributed by atoms with van der Waals surface area (Å²) in [5, 5.41) is 0. The molecule has 0 amide bonds. The van der Waals surface area contributed by atoms with E-state index in [1.54, 1.807) is 0 Å². The molecule has 19 heteroatoms. The zero-order valence-corrected chi connectivity index (χ0v) is 12.6. The molecule has 0 spiro atoms. The molecule has 0 fully saturated rings. The van der Waals surface area contributed by atoms with E-state index in [2.05, 4.69) is 0 Å². The summed E-state index contributed by atoms with van der Waals surface area (Å²) in [6, 6.07) is 0. The van der Waals surface area contributed by atoms with Crippen LogP contribution >= 0.6 is 0 Å². The molecule has 0 aromatic heterocycles.